The zero-order valence-corrected chi connectivity index (χ0v) is 24.4. The SMILES string of the molecule is Cc1cc(C2=C(c3cc(-c4ccc(C(=O)Nc5ccc6cccnc6n5)cc4)sc3C)C(F)(F)C(F)(F)C2(F)F)c(C)s1. The van der Waals surface area contributed by atoms with Crippen molar-refractivity contribution in [1.29, 1.82) is 0 Å². The number of pyridine rings is 2. The minimum absolute atomic E-state index is 0.179. The van der Waals surface area contributed by atoms with Gasteiger partial charge in [0.25, 0.3) is 5.91 Å². The van der Waals surface area contributed by atoms with Crippen molar-refractivity contribution in [3.63, 3.8) is 0 Å². The fourth-order valence-electron chi connectivity index (χ4n) is 5.18. The molecule has 5 aromatic rings. The highest BCUT2D eigenvalue weighted by atomic mass is 32.1. The average Bonchev–Trinajstić information content (AvgIpc) is 3.53. The molecule has 1 aliphatic carbocycles. The first-order valence-electron chi connectivity index (χ1n) is 12.9. The number of fused-ring (bicyclic) bond motifs is 1. The van der Waals surface area contributed by atoms with Gasteiger partial charge in [-0.2, -0.15) is 26.3 Å². The van der Waals surface area contributed by atoms with E-state index in [9.17, 15) is 13.6 Å². The number of rotatable bonds is 5. The molecule has 1 N–H and O–H groups in total. The lowest BCUT2D eigenvalue weighted by molar-refractivity contribution is -0.254. The fraction of sp³-hybridized carbons (Fsp3) is 0.194. The number of amides is 1. The molecule has 43 heavy (non-hydrogen) atoms. The Hall–Kier alpha value is -4.03. The van der Waals surface area contributed by atoms with E-state index >= 15 is 17.6 Å². The van der Waals surface area contributed by atoms with Crippen LogP contribution in [0.1, 0.15) is 36.1 Å². The summed E-state index contributed by atoms with van der Waals surface area (Å²) in [6.07, 6.45) is 1.59. The minimum atomic E-state index is -5.62. The number of aryl methyl sites for hydroxylation is 3. The molecule has 4 aromatic heterocycles. The predicted octanol–water partition coefficient (Wildman–Crippen LogP) is 9.43. The van der Waals surface area contributed by atoms with E-state index in [0.717, 1.165) is 28.1 Å². The summed E-state index contributed by atoms with van der Waals surface area (Å²) in [5, 5.41) is 3.50. The third kappa shape index (κ3) is 4.54. The lowest BCUT2D eigenvalue weighted by atomic mass is 9.95. The van der Waals surface area contributed by atoms with E-state index in [0.29, 0.717) is 26.8 Å². The summed E-state index contributed by atoms with van der Waals surface area (Å²) in [5.41, 5.74) is -2.15. The van der Waals surface area contributed by atoms with E-state index in [1.54, 1.807) is 43.5 Å². The van der Waals surface area contributed by atoms with Gasteiger partial charge < -0.3 is 5.32 Å². The second-order valence-electron chi connectivity index (χ2n) is 10.2. The molecule has 220 valence electrons. The van der Waals surface area contributed by atoms with Crippen molar-refractivity contribution in [2.45, 2.75) is 38.5 Å². The molecule has 1 aromatic carbocycles. The van der Waals surface area contributed by atoms with Gasteiger partial charge in [0, 0.05) is 47.8 Å². The molecule has 4 heterocycles. The summed E-state index contributed by atoms with van der Waals surface area (Å²) in [7, 11) is 0. The quantitative estimate of drug-likeness (QED) is 0.197. The molecule has 0 radical (unpaired) electrons. The van der Waals surface area contributed by atoms with Crippen LogP contribution >= 0.6 is 22.7 Å². The summed E-state index contributed by atoms with van der Waals surface area (Å²) in [6.45, 7) is 4.47. The molecular weight excluding hydrogens is 608 g/mol. The van der Waals surface area contributed by atoms with Gasteiger partial charge >= 0.3 is 17.8 Å². The number of hydrogen-bond acceptors (Lipinski definition) is 5. The third-order valence-electron chi connectivity index (χ3n) is 7.30. The number of alkyl halides is 6. The predicted molar refractivity (Wildman–Crippen MR) is 157 cm³/mol. The van der Waals surface area contributed by atoms with Crippen LogP contribution in [0.3, 0.4) is 0 Å². The van der Waals surface area contributed by atoms with E-state index in [1.807, 2.05) is 6.07 Å². The number of allylic oxidation sites excluding steroid dienone is 2. The molecule has 0 atom stereocenters. The number of anilines is 1. The monoisotopic (exact) mass is 629 g/mol. The number of benzene rings is 1. The van der Waals surface area contributed by atoms with Crippen LogP contribution in [0, 0.1) is 20.8 Å². The van der Waals surface area contributed by atoms with Crippen molar-refractivity contribution >= 4 is 56.6 Å². The number of nitrogens with one attached hydrogen (secondary N) is 1. The summed E-state index contributed by atoms with van der Waals surface area (Å²) in [6, 6.07) is 15.6. The first-order chi connectivity index (χ1) is 20.2. The van der Waals surface area contributed by atoms with Crippen LogP contribution in [0.25, 0.3) is 32.6 Å². The standard InChI is InChI=1S/C31H21F6N3OS2/c1-15-13-21(16(2)42-15)25-26(30(34,35)31(36,37)29(25,32)33)22-14-23(43-17(22)3)18-6-8-20(9-7-18)28(41)40-24-11-10-19-5-4-12-38-27(19)39-24/h4-14H,1-3H3,(H,38,39,40,41). The first kappa shape index (κ1) is 29.1. The lowest BCUT2D eigenvalue weighted by Crippen LogP contribution is -2.48. The van der Waals surface area contributed by atoms with Gasteiger partial charge in [0.1, 0.15) is 5.82 Å². The van der Waals surface area contributed by atoms with Crippen molar-refractivity contribution in [2.24, 2.45) is 0 Å². The van der Waals surface area contributed by atoms with Gasteiger partial charge in [-0.15, -0.1) is 22.7 Å². The molecule has 6 rings (SSSR count). The Kier molecular flexibility index (Phi) is 6.77. The molecule has 1 aliphatic rings. The molecule has 12 heteroatoms. The number of carbonyl (C=O) groups excluding carboxylic acids is 1. The highest BCUT2D eigenvalue weighted by molar-refractivity contribution is 7.15. The number of thiophene rings is 2. The summed E-state index contributed by atoms with van der Waals surface area (Å²) >= 11 is 2.08. The Morgan fingerprint density at radius 2 is 1.42 bits per heavy atom. The van der Waals surface area contributed by atoms with Crippen LogP contribution in [0.2, 0.25) is 0 Å². The van der Waals surface area contributed by atoms with E-state index in [-0.39, 0.29) is 26.4 Å². The molecule has 1 amide bonds. The van der Waals surface area contributed by atoms with Crippen molar-refractivity contribution in [3.05, 3.63) is 98.2 Å². The maximum atomic E-state index is 15.3. The van der Waals surface area contributed by atoms with Crippen molar-refractivity contribution < 1.29 is 31.1 Å². The molecule has 0 spiro atoms. The Balaban J connectivity index is 1.35. The Morgan fingerprint density at radius 1 is 0.791 bits per heavy atom. The van der Waals surface area contributed by atoms with E-state index in [2.05, 4.69) is 15.3 Å². The van der Waals surface area contributed by atoms with E-state index in [4.69, 9.17) is 0 Å². The van der Waals surface area contributed by atoms with Gasteiger partial charge in [0.05, 0.1) is 0 Å². The average molecular weight is 630 g/mol. The highest BCUT2D eigenvalue weighted by Crippen LogP contribution is 2.66. The second-order valence-corrected chi connectivity index (χ2v) is 12.9. The number of hydrogen-bond donors (Lipinski definition) is 1. The molecule has 0 unspecified atom stereocenters. The van der Waals surface area contributed by atoms with E-state index < -0.39 is 34.8 Å². The van der Waals surface area contributed by atoms with Crippen LogP contribution in [0.4, 0.5) is 32.2 Å². The minimum Gasteiger partial charge on any atom is -0.306 e. The summed E-state index contributed by atoms with van der Waals surface area (Å²) in [4.78, 5) is 22.6. The lowest BCUT2D eigenvalue weighted by Gasteiger charge is -2.25. The van der Waals surface area contributed by atoms with Gasteiger partial charge in [0.15, 0.2) is 5.65 Å². The number of halogens is 6. The molecule has 0 fully saturated rings. The maximum Gasteiger partial charge on any atom is 0.380 e. The second kappa shape index (κ2) is 10.0. The van der Waals surface area contributed by atoms with Gasteiger partial charge in [-0.1, -0.05) is 12.1 Å². The van der Waals surface area contributed by atoms with Crippen molar-refractivity contribution in [3.8, 4) is 10.4 Å². The molecule has 4 nitrogen and oxygen atoms in total. The third-order valence-corrected chi connectivity index (χ3v) is 9.37. The topological polar surface area (TPSA) is 54.9 Å². The van der Waals surface area contributed by atoms with Crippen LogP contribution in [0.5, 0.6) is 0 Å². The maximum absolute atomic E-state index is 15.3. The Bertz CT molecular complexity index is 1940. The zero-order valence-electron chi connectivity index (χ0n) is 22.7. The van der Waals surface area contributed by atoms with Crippen LogP contribution in [0.15, 0.2) is 66.9 Å². The van der Waals surface area contributed by atoms with Crippen LogP contribution in [-0.4, -0.2) is 33.6 Å². The van der Waals surface area contributed by atoms with Crippen molar-refractivity contribution in [1.82, 2.24) is 9.97 Å². The molecule has 0 aliphatic heterocycles. The van der Waals surface area contributed by atoms with Crippen molar-refractivity contribution in [2.75, 3.05) is 5.32 Å². The molecule has 0 saturated heterocycles. The Morgan fingerprint density at radius 3 is 2.05 bits per heavy atom. The first-order valence-corrected chi connectivity index (χ1v) is 14.6. The van der Waals surface area contributed by atoms with Crippen LogP contribution < -0.4 is 5.32 Å². The normalized spacial score (nSPS) is 17.0. The summed E-state index contributed by atoms with van der Waals surface area (Å²) in [5.74, 6) is -16.0. The highest BCUT2D eigenvalue weighted by Gasteiger charge is 2.80. The Labute approximate surface area is 249 Å². The molecule has 0 bridgehead atoms. The van der Waals surface area contributed by atoms with Gasteiger partial charge in [0.2, 0.25) is 0 Å². The fourth-order valence-corrected chi connectivity index (χ4v) is 7.14. The van der Waals surface area contributed by atoms with Crippen LogP contribution in [-0.2, 0) is 0 Å². The largest absolute Gasteiger partial charge is 0.380 e. The number of aromatic nitrogens is 2. The summed E-state index contributed by atoms with van der Waals surface area (Å²) < 4.78 is 90.5. The van der Waals surface area contributed by atoms with Gasteiger partial charge in [-0.3, -0.25) is 4.79 Å². The smallest absolute Gasteiger partial charge is 0.306 e. The van der Waals surface area contributed by atoms with Gasteiger partial charge in [-0.05, 0) is 86.0 Å². The molecular formula is C31H21F6N3OS2. The zero-order chi connectivity index (χ0) is 30.9. The van der Waals surface area contributed by atoms with E-state index in [1.165, 1.54) is 38.1 Å². The van der Waals surface area contributed by atoms with Gasteiger partial charge in [-0.25, -0.2) is 9.97 Å². The number of nitrogens with zero attached hydrogens (tertiary/aromatic N) is 2. The molecule has 0 saturated carbocycles. The number of carbonyl (C=O) groups is 1.